The minimum absolute atomic E-state index is 0.0398. The number of hydrogen-bond acceptors (Lipinski definition) is 4. The standard InChI is InChI=1S/C14H16N2O2S/c1-9(16-14(17)11-7-19-8-15-11)13-6-10-4-2-3-5-12(10)18-13/h2-6,9,11,15H,7-8H2,1H3,(H,16,17). The van der Waals surface area contributed by atoms with Crippen molar-refractivity contribution in [3.8, 4) is 0 Å². The number of amides is 1. The van der Waals surface area contributed by atoms with Gasteiger partial charge in [-0.15, -0.1) is 11.8 Å². The predicted octanol–water partition coefficient (Wildman–Crippen LogP) is 2.27. The van der Waals surface area contributed by atoms with Gasteiger partial charge in [0.25, 0.3) is 0 Å². The number of benzene rings is 1. The largest absolute Gasteiger partial charge is 0.459 e. The highest BCUT2D eigenvalue weighted by Gasteiger charge is 2.24. The summed E-state index contributed by atoms with van der Waals surface area (Å²) in [5, 5.41) is 7.21. The molecule has 4 nitrogen and oxygen atoms in total. The molecule has 2 N–H and O–H groups in total. The highest BCUT2D eigenvalue weighted by molar-refractivity contribution is 7.99. The van der Waals surface area contributed by atoms with Gasteiger partial charge >= 0.3 is 0 Å². The molecule has 2 atom stereocenters. The van der Waals surface area contributed by atoms with Crippen LogP contribution in [-0.2, 0) is 4.79 Å². The van der Waals surface area contributed by atoms with E-state index in [1.165, 1.54) is 0 Å². The second-order valence-electron chi connectivity index (χ2n) is 4.69. The molecule has 1 aliphatic heterocycles. The van der Waals surface area contributed by atoms with E-state index < -0.39 is 0 Å². The summed E-state index contributed by atoms with van der Waals surface area (Å²) in [6.45, 7) is 1.94. The Hall–Kier alpha value is -1.46. The molecule has 5 heteroatoms. The van der Waals surface area contributed by atoms with Crippen molar-refractivity contribution < 1.29 is 9.21 Å². The zero-order valence-corrected chi connectivity index (χ0v) is 11.5. The molecule has 3 rings (SSSR count). The maximum absolute atomic E-state index is 12.0. The van der Waals surface area contributed by atoms with E-state index in [2.05, 4.69) is 10.6 Å². The minimum Gasteiger partial charge on any atom is -0.459 e. The van der Waals surface area contributed by atoms with Crippen LogP contribution in [-0.4, -0.2) is 23.6 Å². The van der Waals surface area contributed by atoms with Gasteiger partial charge < -0.3 is 9.73 Å². The molecule has 2 unspecified atom stereocenters. The van der Waals surface area contributed by atoms with Gasteiger partial charge in [-0.1, -0.05) is 18.2 Å². The Labute approximate surface area is 115 Å². The molecule has 100 valence electrons. The van der Waals surface area contributed by atoms with Crippen molar-refractivity contribution in [3.05, 3.63) is 36.1 Å². The van der Waals surface area contributed by atoms with Crippen LogP contribution in [0.5, 0.6) is 0 Å². The number of para-hydroxylation sites is 1. The number of carbonyl (C=O) groups excluding carboxylic acids is 1. The van der Waals surface area contributed by atoms with Crippen LogP contribution >= 0.6 is 11.8 Å². The highest BCUT2D eigenvalue weighted by atomic mass is 32.2. The average molecular weight is 276 g/mol. The molecule has 1 saturated heterocycles. The topological polar surface area (TPSA) is 54.3 Å². The summed E-state index contributed by atoms with van der Waals surface area (Å²) in [7, 11) is 0. The first-order chi connectivity index (χ1) is 9.24. The van der Waals surface area contributed by atoms with E-state index in [0.29, 0.717) is 0 Å². The lowest BCUT2D eigenvalue weighted by Gasteiger charge is -2.14. The second-order valence-corrected chi connectivity index (χ2v) is 5.72. The zero-order chi connectivity index (χ0) is 13.2. The van der Waals surface area contributed by atoms with Crippen LogP contribution in [0, 0.1) is 0 Å². The molecule has 0 saturated carbocycles. The fraction of sp³-hybridized carbons (Fsp3) is 0.357. The molecule has 0 radical (unpaired) electrons. The molecule has 1 amide bonds. The van der Waals surface area contributed by atoms with E-state index in [1.54, 1.807) is 11.8 Å². The van der Waals surface area contributed by atoms with Gasteiger partial charge in [0.1, 0.15) is 11.3 Å². The quantitative estimate of drug-likeness (QED) is 0.903. The van der Waals surface area contributed by atoms with Crippen LogP contribution in [0.1, 0.15) is 18.7 Å². The fourth-order valence-electron chi connectivity index (χ4n) is 2.16. The van der Waals surface area contributed by atoms with Crippen molar-refractivity contribution in [2.75, 3.05) is 11.6 Å². The van der Waals surface area contributed by atoms with Gasteiger partial charge in [0.05, 0.1) is 12.1 Å². The van der Waals surface area contributed by atoms with Crippen molar-refractivity contribution >= 4 is 28.6 Å². The van der Waals surface area contributed by atoms with Gasteiger partial charge in [-0.05, 0) is 19.1 Å². The van der Waals surface area contributed by atoms with Crippen molar-refractivity contribution in [1.82, 2.24) is 10.6 Å². The fourth-order valence-corrected chi connectivity index (χ4v) is 3.11. The summed E-state index contributed by atoms with van der Waals surface area (Å²) in [4.78, 5) is 12.0. The third kappa shape index (κ3) is 2.62. The first-order valence-corrected chi connectivity index (χ1v) is 7.49. The van der Waals surface area contributed by atoms with E-state index in [4.69, 9.17) is 4.42 Å². The van der Waals surface area contributed by atoms with Gasteiger partial charge in [-0.25, -0.2) is 0 Å². The van der Waals surface area contributed by atoms with Crippen LogP contribution in [0.4, 0.5) is 0 Å². The van der Waals surface area contributed by atoms with Crippen LogP contribution in [0.25, 0.3) is 11.0 Å². The maximum atomic E-state index is 12.0. The first kappa shape index (κ1) is 12.6. The Balaban J connectivity index is 1.72. The van der Waals surface area contributed by atoms with Crippen molar-refractivity contribution in [1.29, 1.82) is 0 Å². The molecular weight excluding hydrogens is 260 g/mol. The molecule has 0 spiro atoms. The van der Waals surface area contributed by atoms with Crippen LogP contribution in [0.3, 0.4) is 0 Å². The Morgan fingerprint density at radius 3 is 3.11 bits per heavy atom. The minimum atomic E-state index is -0.118. The molecule has 1 fully saturated rings. The number of furan rings is 1. The Morgan fingerprint density at radius 1 is 1.53 bits per heavy atom. The summed E-state index contributed by atoms with van der Waals surface area (Å²) in [5.41, 5.74) is 0.855. The van der Waals surface area contributed by atoms with Gasteiger partial charge in [0.15, 0.2) is 0 Å². The van der Waals surface area contributed by atoms with Crippen LogP contribution in [0.15, 0.2) is 34.7 Å². The second kappa shape index (κ2) is 5.27. The van der Waals surface area contributed by atoms with E-state index in [-0.39, 0.29) is 18.0 Å². The normalized spacial score (nSPS) is 20.6. The van der Waals surface area contributed by atoms with Crippen molar-refractivity contribution in [3.63, 3.8) is 0 Å². The third-order valence-corrected chi connectivity index (χ3v) is 4.20. The first-order valence-electron chi connectivity index (χ1n) is 6.34. The monoisotopic (exact) mass is 276 g/mol. The third-order valence-electron chi connectivity index (χ3n) is 3.26. The SMILES string of the molecule is CC(NC(=O)C1CSCN1)c1cc2ccccc2o1. The van der Waals surface area contributed by atoms with Crippen molar-refractivity contribution in [2.24, 2.45) is 0 Å². The molecular formula is C14H16N2O2S. The lowest BCUT2D eigenvalue weighted by Crippen LogP contribution is -2.42. The lowest BCUT2D eigenvalue weighted by molar-refractivity contribution is -0.123. The van der Waals surface area contributed by atoms with E-state index in [9.17, 15) is 4.79 Å². The summed E-state index contributed by atoms with van der Waals surface area (Å²) in [6.07, 6.45) is 0. The van der Waals surface area contributed by atoms with E-state index in [1.807, 2.05) is 37.3 Å². The van der Waals surface area contributed by atoms with Gasteiger partial charge in [-0.3, -0.25) is 10.1 Å². The number of fused-ring (bicyclic) bond motifs is 1. The average Bonchev–Trinajstić information content (AvgIpc) is 3.07. The molecule has 0 aliphatic carbocycles. The Morgan fingerprint density at radius 2 is 2.37 bits per heavy atom. The molecule has 19 heavy (non-hydrogen) atoms. The molecule has 2 heterocycles. The molecule has 1 aromatic carbocycles. The van der Waals surface area contributed by atoms with Crippen molar-refractivity contribution in [2.45, 2.75) is 19.0 Å². The van der Waals surface area contributed by atoms with Gasteiger partial charge in [0.2, 0.25) is 5.91 Å². The molecule has 2 aromatic rings. The van der Waals surface area contributed by atoms with Crippen LogP contribution in [0.2, 0.25) is 0 Å². The van der Waals surface area contributed by atoms with Gasteiger partial charge in [-0.2, -0.15) is 0 Å². The smallest absolute Gasteiger partial charge is 0.238 e. The number of hydrogen-bond donors (Lipinski definition) is 2. The van der Waals surface area contributed by atoms with E-state index in [0.717, 1.165) is 28.4 Å². The molecule has 1 aliphatic rings. The maximum Gasteiger partial charge on any atom is 0.238 e. The zero-order valence-electron chi connectivity index (χ0n) is 10.7. The van der Waals surface area contributed by atoms with E-state index >= 15 is 0 Å². The predicted molar refractivity (Wildman–Crippen MR) is 77.0 cm³/mol. The van der Waals surface area contributed by atoms with Gasteiger partial charge in [0, 0.05) is 17.0 Å². The summed E-state index contributed by atoms with van der Waals surface area (Å²) < 4.78 is 5.75. The Kier molecular flexibility index (Phi) is 3.48. The summed E-state index contributed by atoms with van der Waals surface area (Å²) >= 11 is 1.74. The summed E-state index contributed by atoms with van der Waals surface area (Å²) in [5.74, 6) is 2.51. The Bertz CT molecular complexity index is 557. The molecule has 1 aromatic heterocycles. The number of rotatable bonds is 3. The number of carbonyl (C=O) groups is 1. The molecule has 0 bridgehead atoms. The lowest BCUT2D eigenvalue weighted by atomic mass is 10.2. The summed E-state index contributed by atoms with van der Waals surface area (Å²) in [6, 6.07) is 9.64. The number of thioether (sulfide) groups is 1. The van der Waals surface area contributed by atoms with Crippen LogP contribution < -0.4 is 10.6 Å². The number of nitrogens with one attached hydrogen (secondary N) is 2. The highest BCUT2D eigenvalue weighted by Crippen LogP contribution is 2.23.